The van der Waals surface area contributed by atoms with E-state index >= 15 is 0 Å². The van der Waals surface area contributed by atoms with Crippen molar-refractivity contribution in [1.29, 1.82) is 0 Å². The fourth-order valence-electron chi connectivity index (χ4n) is 10.8. The smallest absolute Gasteiger partial charge is 0.306 e. The molecule has 478 valence electrons. The minimum absolute atomic E-state index is 0.0722. The first kappa shape index (κ1) is 79.1. The summed E-state index contributed by atoms with van der Waals surface area (Å²) in [6, 6.07) is 0. The van der Waals surface area contributed by atoms with Crippen LogP contribution in [0.25, 0.3) is 0 Å². The molecule has 0 aliphatic heterocycles. The van der Waals surface area contributed by atoms with E-state index in [-0.39, 0.29) is 31.1 Å². The van der Waals surface area contributed by atoms with E-state index in [9.17, 15) is 14.4 Å². The van der Waals surface area contributed by atoms with Gasteiger partial charge in [-0.05, 0) is 89.9 Å². The highest BCUT2D eigenvalue weighted by molar-refractivity contribution is 5.71. The van der Waals surface area contributed by atoms with Gasteiger partial charge in [0.15, 0.2) is 6.10 Å². The molecule has 0 fully saturated rings. The molecular weight excluding hydrogens is 1010 g/mol. The molecule has 0 rings (SSSR count). The predicted molar refractivity (Wildman–Crippen MR) is 358 cm³/mol. The fourth-order valence-corrected chi connectivity index (χ4v) is 10.8. The lowest BCUT2D eigenvalue weighted by molar-refractivity contribution is -0.167. The highest BCUT2D eigenvalue weighted by Gasteiger charge is 2.19. The first-order valence-electron chi connectivity index (χ1n) is 36.3. The van der Waals surface area contributed by atoms with Gasteiger partial charge < -0.3 is 14.2 Å². The fraction of sp³-hybridized carbons (Fsp3) is 0.829. The average molecular weight is 1150 g/mol. The maximum atomic E-state index is 12.9. The van der Waals surface area contributed by atoms with Crippen molar-refractivity contribution in [3.8, 4) is 0 Å². The van der Waals surface area contributed by atoms with Gasteiger partial charge in [-0.25, -0.2) is 0 Å². The molecule has 1 atom stereocenters. The highest BCUT2D eigenvalue weighted by Crippen LogP contribution is 2.18. The Morgan fingerprint density at radius 2 is 0.439 bits per heavy atom. The molecule has 6 heteroatoms. The lowest BCUT2D eigenvalue weighted by Crippen LogP contribution is -2.30. The number of carbonyl (C=O) groups excluding carboxylic acids is 3. The molecule has 0 heterocycles. The number of hydrogen-bond acceptors (Lipinski definition) is 6. The van der Waals surface area contributed by atoms with Gasteiger partial charge in [0.05, 0.1) is 0 Å². The molecule has 0 aliphatic rings. The monoisotopic (exact) mass is 1150 g/mol. The molecule has 0 aromatic rings. The molecule has 0 spiro atoms. The van der Waals surface area contributed by atoms with Crippen LogP contribution in [0, 0.1) is 0 Å². The van der Waals surface area contributed by atoms with Crippen molar-refractivity contribution in [3.05, 3.63) is 60.8 Å². The van der Waals surface area contributed by atoms with Crippen LogP contribution in [-0.2, 0) is 28.6 Å². The van der Waals surface area contributed by atoms with Gasteiger partial charge in [0.1, 0.15) is 13.2 Å². The summed E-state index contributed by atoms with van der Waals surface area (Å²) in [6.07, 6.45) is 91.1. The summed E-state index contributed by atoms with van der Waals surface area (Å²) in [5.74, 6) is -0.854. The van der Waals surface area contributed by atoms with E-state index in [0.717, 1.165) is 83.5 Å². The number of ether oxygens (including phenoxy) is 3. The van der Waals surface area contributed by atoms with Crippen molar-refractivity contribution >= 4 is 17.9 Å². The summed E-state index contributed by atoms with van der Waals surface area (Å²) in [4.78, 5) is 38.5. The topological polar surface area (TPSA) is 78.9 Å². The molecule has 82 heavy (non-hydrogen) atoms. The van der Waals surface area contributed by atoms with Gasteiger partial charge in [-0.15, -0.1) is 0 Å². The summed E-state index contributed by atoms with van der Waals surface area (Å²) in [5, 5.41) is 0. The molecule has 1 unspecified atom stereocenters. The third kappa shape index (κ3) is 67.9. The summed E-state index contributed by atoms with van der Waals surface area (Å²) >= 11 is 0. The van der Waals surface area contributed by atoms with E-state index in [4.69, 9.17) is 14.2 Å². The van der Waals surface area contributed by atoms with E-state index in [1.807, 2.05) is 0 Å². The van der Waals surface area contributed by atoms with E-state index < -0.39 is 6.10 Å². The number of esters is 3. The molecule has 0 saturated heterocycles. The van der Waals surface area contributed by atoms with Crippen molar-refractivity contribution in [2.75, 3.05) is 13.2 Å². The van der Waals surface area contributed by atoms with Crippen LogP contribution in [0.4, 0.5) is 0 Å². The molecule has 0 aromatic heterocycles. The Morgan fingerprint density at radius 1 is 0.244 bits per heavy atom. The van der Waals surface area contributed by atoms with Gasteiger partial charge in [-0.1, -0.05) is 338 Å². The molecule has 6 nitrogen and oxygen atoms in total. The predicted octanol–water partition coefficient (Wildman–Crippen LogP) is 25.1. The number of allylic oxidation sites excluding steroid dienone is 10. The second-order valence-electron chi connectivity index (χ2n) is 24.5. The molecule has 0 aliphatic carbocycles. The molecule has 0 N–H and O–H groups in total. The molecule has 0 saturated carbocycles. The molecule has 0 bridgehead atoms. The van der Waals surface area contributed by atoms with Gasteiger partial charge in [-0.2, -0.15) is 0 Å². The van der Waals surface area contributed by atoms with Crippen LogP contribution in [-0.4, -0.2) is 37.2 Å². The Labute approximate surface area is 510 Å². The van der Waals surface area contributed by atoms with Crippen molar-refractivity contribution in [1.82, 2.24) is 0 Å². The van der Waals surface area contributed by atoms with Crippen molar-refractivity contribution in [2.45, 2.75) is 393 Å². The first-order chi connectivity index (χ1) is 40.5. The molecular formula is C76H138O6. The van der Waals surface area contributed by atoms with Crippen LogP contribution in [0.1, 0.15) is 387 Å². The standard InChI is InChI=1S/C76H138O6/c1-4-7-10-13-16-19-22-25-28-31-32-33-34-35-36-37-38-39-40-41-42-43-44-46-48-51-54-57-60-63-66-69-75(78)81-72-73(71-80-74(77)68-65-62-59-56-53-50-47-30-27-24-21-18-15-12-9-6-3)82-76(79)70-67-64-61-58-55-52-49-45-29-26-23-20-17-14-11-8-5-2/h17,20,22,25-26,29,31-32,34-35,73H,4-16,18-19,21,23-24,27-28,30,33,36-72H2,1-3H3/b20-17-,25-22-,29-26-,32-31-,35-34-. The quantitative estimate of drug-likeness (QED) is 0.0261. The van der Waals surface area contributed by atoms with Crippen molar-refractivity contribution in [3.63, 3.8) is 0 Å². The second kappa shape index (κ2) is 70.6. The summed E-state index contributed by atoms with van der Waals surface area (Å²) < 4.78 is 17.0. The Bertz CT molecular complexity index is 1460. The number of hydrogen-bond donors (Lipinski definition) is 0. The summed E-state index contributed by atoms with van der Waals surface area (Å²) in [6.45, 7) is 6.66. The lowest BCUT2D eigenvalue weighted by Gasteiger charge is -2.18. The lowest BCUT2D eigenvalue weighted by atomic mass is 10.0. The molecule has 0 amide bonds. The van der Waals surface area contributed by atoms with E-state index in [0.29, 0.717) is 19.3 Å². The zero-order valence-corrected chi connectivity index (χ0v) is 55.0. The molecule has 0 aromatic carbocycles. The van der Waals surface area contributed by atoms with Crippen molar-refractivity contribution < 1.29 is 28.6 Å². The van der Waals surface area contributed by atoms with Crippen LogP contribution in [0.15, 0.2) is 60.8 Å². The van der Waals surface area contributed by atoms with E-state index in [2.05, 4.69) is 81.5 Å². The summed E-state index contributed by atoms with van der Waals surface area (Å²) in [7, 11) is 0. The Hall–Kier alpha value is -2.89. The average Bonchev–Trinajstić information content (AvgIpc) is 3.47. The SMILES string of the molecule is CCCCC/C=C\C/C=C\CCCCCCCCCC(=O)OC(COC(=O)CCCCCCCCCCCCCCCCCC)COC(=O)CCCCCCCCCCCCCCCCCC/C=C\C/C=C\C/C=C\CCCCCCC. The second-order valence-corrected chi connectivity index (χ2v) is 24.5. The Balaban J connectivity index is 4.22. The van der Waals surface area contributed by atoms with E-state index in [1.165, 1.54) is 263 Å². The van der Waals surface area contributed by atoms with Gasteiger partial charge in [0.25, 0.3) is 0 Å². The van der Waals surface area contributed by atoms with Crippen LogP contribution < -0.4 is 0 Å². The van der Waals surface area contributed by atoms with Crippen LogP contribution in [0.2, 0.25) is 0 Å². The van der Waals surface area contributed by atoms with Gasteiger partial charge in [-0.3, -0.25) is 14.4 Å². The molecule has 0 radical (unpaired) electrons. The van der Waals surface area contributed by atoms with E-state index in [1.54, 1.807) is 0 Å². The number of unbranched alkanes of at least 4 members (excludes halogenated alkanes) is 46. The maximum Gasteiger partial charge on any atom is 0.306 e. The Morgan fingerprint density at radius 3 is 0.707 bits per heavy atom. The zero-order valence-electron chi connectivity index (χ0n) is 55.0. The number of rotatable bonds is 67. The highest BCUT2D eigenvalue weighted by atomic mass is 16.6. The van der Waals surface area contributed by atoms with Gasteiger partial charge in [0.2, 0.25) is 0 Å². The minimum atomic E-state index is -0.777. The maximum absolute atomic E-state index is 12.9. The number of carbonyl (C=O) groups is 3. The van der Waals surface area contributed by atoms with Crippen LogP contribution >= 0.6 is 0 Å². The van der Waals surface area contributed by atoms with Gasteiger partial charge in [0, 0.05) is 19.3 Å². The zero-order chi connectivity index (χ0) is 59.2. The first-order valence-corrected chi connectivity index (χ1v) is 36.3. The van der Waals surface area contributed by atoms with Crippen molar-refractivity contribution in [2.24, 2.45) is 0 Å². The minimum Gasteiger partial charge on any atom is -0.462 e. The summed E-state index contributed by atoms with van der Waals surface area (Å²) in [5.41, 5.74) is 0. The third-order valence-electron chi connectivity index (χ3n) is 16.2. The Kier molecular flexibility index (Phi) is 68.1. The van der Waals surface area contributed by atoms with Gasteiger partial charge >= 0.3 is 17.9 Å². The van der Waals surface area contributed by atoms with Crippen LogP contribution in [0.5, 0.6) is 0 Å². The van der Waals surface area contributed by atoms with Crippen LogP contribution in [0.3, 0.4) is 0 Å². The third-order valence-corrected chi connectivity index (χ3v) is 16.2. The normalized spacial score (nSPS) is 12.4. The largest absolute Gasteiger partial charge is 0.462 e.